The van der Waals surface area contributed by atoms with E-state index in [4.69, 9.17) is 9.47 Å². The first-order valence-electron chi connectivity index (χ1n) is 5.97. The molecule has 2 N–H and O–H groups in total. The minimum atomic E-state index is -0.617. The average Bonchev–Trinajstić information content (AvgIpc) is 2.35. The van der Waals surface area contributed by atoms with Crippen molar-refractivity contribution in [3.63, 3.8) is 0 Å². The molecular weight excluding hydrogens is 298 g/mol. The van der Waals surface area contributed by atoms with Gasteiger partial charge >= 0.3 is 0 Å². The molecule has 1 rings (SSSR count). The number of methoxy groups -OCH3 is 1. The number of aliphatic hydroxyl groups excluding tert-OH is 1. The van der Waals surface area contributed by atoms with Crippen molar-refractivity contribution in [2.24, 2.45) is 0 Å². The van der Waals surface area contributed by atoms with Gasteiger partial charge in [0.2, 0.25) is 0 Å². The van der Waals surface area contributed by atoms with E-state index < -0.39 is 6.10 Å². The zero-order valence-electron chi connectivity index (χ0n) is 10.8. The molecule has 0 amide bonds. The normalized spacial score (nSPS) is 12.4. The maximum absolute atomic E-state index is 9.59. The highest BCUT2D eigenvalue weighted by Crippen LogP contribution is 2.29. The van der Waals surface area contributed by atoms with E-state index in [2.05, 4.69) is 28.2 Å². The first-order chi connectivity index (χ1) is 8.69. The van der Waals surface area contributed by atoms with Crippen molar-refractivity contribution in [2.75, 3.05) is 26.9 Å². The molecule has 0 saturated heterocycles. The van der Waals surface area contributed by atoms with Gasteiger partial charge in [0.15, 0.2) is 0 Å². The van der Waals surface area contributed by atoms with E-state index in [0.717, 1.165) is 28.9 Å². The zero-order chi connectivity index (χ0) is 13.4. The molecule has 0 aliphatic rings. The van der Waals surface area contributed by atoms with Gasteiger partial charge in [0.25, 0.3) is 0 Å². The number of halogens is 1. The number of para-hydroxylation sites is 1. The first kappa shape index (κ1) is 15.4. The monoisotopic (exact) mass is 317 g/mol. The topological polar surface area (TPSA) is 50.7 Å². The van der Waals surface area contributed by atoms with Crippen LogP contribution in [0.3, 0.4) is 0 Å². The second-order valence-electron chi connectivity index (χ2n) is 3.93. The van der Waals surface area contributed by atoms with Gasteiger partial charge in [0.1, 0.15) is 18.5 Å². The fourth-order valence-corrected chi connectivity index (χ4v) is 2.06. The van der Waals surface area contributed by atoms with Gasteiger partial charge in [0.05, 0.1) is 11.1 Å². The molecule has 0 bridgehead atoms. The Kier molecular flexibility index (Phi) is 7.27. The van der Waals surface area contributed by atoms with Gasteiger partial charge in [-0.1, -0.05) is 19.1 Å². The van der Waals surface area contributed by atoms with Crippen LogP contribution >= 0.6 is 15.9 Å². The molecule has 5 heteroatoms. The van der Waals surface area contributed by atoms with Crippen molar-refractivity contribution in [2.45, 2.75) is 19.6 Å². The Morgan fingerprint density at radius 1 is 1.39 bits per heavy atom. The van der Waals surface area contributed by atoms with Crippen LogP contribution in [0.15, 0.2) is 22.7 Å². The molecule has 18 heavy (non-hydrogen) atoms. The molecule has 0 saturated carbocycles. The Morgan fingerprint density at radius 2 is 2.17 bits per heavy atom. The Labute approximate surface area is 116 Å². The average molecular weight is 318 g/mol. The van der Waals surface area contributed by atoms with Gasteiger partial charge in [-0.2, -0.15) is 0 Å². The summed E-state index contributed by atoms with van der Waals surface area (Å²) in [6.45, 7) is 4.19. The largest absolute Gasteiger partial charge is 0.489 e. The van der Waals surface area contributed by atoms with Crippen LogP contribution in [0.1, 0.15) is 12.5 Å². The Balaban J connectivity index is 2.66. The van der Waals surface area contributed by atoms with E-state index in [0.29, 0.717) is 0 Å². The quantitative estimate of drug-likeness (QED) is 0.769. The molecular formula is C13H20BrNO3. The lowest BCUT2D eigenvalue weighted by Gasteiger charge is -2.16. The third kappa shape index (κ3) is 4.94. The highest BCUT2D eigenvalue weighted by molar-refractivity contribution is 9.10. The maximum Gasteiger partial charge on any atom is 0.138 e. The molecule has 0 spiro atoms. The number of benzene rings is 1. The maximum atomic E-state index is 9.59. The molecule has 1 unspecified atom stereocenters. The molecule has 0 radical (unpaired) electrons. The van der Waals surface area contributed by atoms with Crippen molar-refractivity contribution < 1.29 is 14.6 Å². The van der Waals surface area contributed by atoms with Gasteiger partial charge in [-0.3, -0.25) is 0 Å². The van der Waals surface area contributed by atoms with Crippen molar-refractivity contribution in [1.29, 1.82) is 0 Å². The van der Waals surface area contributed by atoms with Crippen LogP contribution in [0.4, 0.5) is 0 Å². The predicted molar refractivity (Wildman–Crippen MR) is 74.9 cm³/mol. The standard InChI is InChI=1S/C13H20BrNO3/c1-3-15-7-10-5-4-6-12(14)13(10)18-9-11(16)8-17-2/h4-6,11,15-16H,3,7-9H2,1-2H3. The van der Waals surface area contributed by atoms with Crippen LogP contribution < -0.4 is 10.1 Å². The second-order valence-corrected chi connectivity index (χ2v) is 4.78. The zero-order valence-corrected chi connectivity index (χ0v) is 12.4. The molecule has 0 heterocycles. The van der Waals surface area contributed by atoms with Crippen LogP contribution in [0.25, 0.3) is 0 Å². The Morgan fingerprint density at radius 3 is 2.83 bits per heavy atom. The lowest BCUT2D eigenvalue weighted by molar-refractivity contribution is 0.0321. The van der Waals surface area contributed by atoms with Crippen molar-refractivity contribution in [3.8, 4) is 5.75 Å². The lowest BCUT2D eigenvalue weighted by Crippen LogP contribution is -2.23. The molecule has 1 aromatic rings. The van der Waals surface area contributed by atoms with Crippen molar-refractivity contribution in [1.82, 2.24) is 5.32 Å². The van der Waals surface area contributed by atoms with Crippen LogP contribution in [0.2, 0.25) is 0 Å². The summed E-state index contributed by atoms with van der Waals surface area (Å²) in [5, 5.41) is 12.8. The molecule has 1 aromatic carbocycles. The minimum absolute atomic E-state index is 0.218. The Bertz CT molecular complexity index is 360. The van der Waals surface area contributed by atoms with Crippen molar-refractivity contribution in [3.05, 3.63) is 28.2 Å². The molecule has 102 valence electrons. The van der Waals surface area contributed by atoms with Crippen molar-refractivity contribution >= 4 is 15.9 Å². The number of hydrogen-bond donors (Lipinski definition) is 2. The fraction of sp³-hybridized carbons (Fsp3) is 0.538. The molecule has 0 aliphatic carbocycles. The summed E-state index contributed by atoms with van der Waals surface area (Å²) in [5.74, 6) is 0.772. The van der Waals surface area contributed by atoms with E-state index in [1.54, 1.807) is 7.11 Å². The first-order valence-corrected chi connectivity index (χ1v) is 6.76. The molecule has 1 atom stereocenters. The van der Waals surface area contributed by atoms with Crippen LogP contribution in [-0.2, 0) is 11.3 Å². The van der Waals surface area contributed by atoms with Gasteiger partial charge in [-0.25, -0.2) is 0 Å². The van der Waals surface area contributed by atoms with Crippen LogP contribution in [-0.4, -0.2) is 38.1 Å². The second kappa shape index (κ2) is 8.48. The number of ether oxygens (including phenoxy) is 2. The van der Waals surface area contributed by atoms with Gasteiger partial charge < -0.3 is 19.9 Å². The van der Waals surface area contributed by atoms with Crippen LogP contribution in [0, 0.1) is 0 Å². The van der Waals surface area contributed by atoms with E-state index in [9.17, 15) is 5.11 Å². The Hall–Kier alpha value is -0.620. The summed E-state index contributed by atoms with van der Waals surface area (Å²) >= 11 is 3.46. The van der Waals surface area contributed by atoms with Gasteiger partial charge in [-0.15, -0.1) is 0 Å². The third-order valence-corrected chi connectivity index (χ3v) is 3.02. The summed E-state index contributed by atoms with van der Waals surface area (Å²) in [4.78, 5) is 0. The molecule has 4 nitrogen and oxygen atoms in total. The van der Waals surface area contributed by atoms with E-state index in [1.165, 1.54) is 0 Å². The SMILES string of the molecule is CCNCc1cccc(Br)c1OCC(O)COC. The smallest absolute Gasteiger partial charge is 0.138 e. The highest BCUT2D eigenvalue weighted by atomic mass is 79.9. The summed E-state index contributed by atoms with van der Waals surface area (Å²) in [7, 11) is 1.55. The lowest BCUT2D eigenvalue weighted by atomic mass is 10.2. The summed E-state index contributed by atoms with van der Waals surface area (Å²) in [6.07, 6.45) is -0.617. The predicted octanol–water partition coefficient (Wildman–Crippen LogP) is 1.94. The molecule has 0 aromatic heterocycles. The summed E-state index contributed by atoms with van der Waals surface area (Å²) < 4.78 is 11.4. The number of rotatable bonds is 8. The third-order valence-electron chi connectivity index (χ3n) is 2.39. The summed E-state index contributed by atoms with van der Waals surface area (Å²) in [6, 6.07) is 5.90. The number of hydrogen-bond acceptors (Lipinski definition) is 4. The number of nitrogens with one attached hydrogen (secondary N) is 1. The van der Waals surface area contributed by atoms with E-state index >= 15 is 0 Å². The molecule has 0 fully saturated rings. The van der Waals surface area contributed by atoms with Gasteiger partial charge in [-0.05, 0) is 28.5 Å². The van der Waals surface area contributed by atoms with Gasteiger partial charge in [0, 0.05) is 19.2 Å². The number of aliphatic hydroxyl groups is 1. The highest BCUT2D eigenvalue weighted by Gasteiger charge is 2.10. The minimum Gasteiger partial charge on any atom is -0.489 e. The summed E-state index contributed by atoms with van der Waals surface area (Å²) in [5.41, 5.74) is 1.07. The van der Waals surface area contributed by atoms with Crippen LogP contribution in [0.5, 0.6) is 5.75 Å². The molecule has 0 aliphatic heterocycles. The van der Waals surface area contributed by atoms with E-state index in [1.807, 2.05) is 18.2 Å². The van der Waals surface area contributed by atoms with E-state index in [-0.39, 0.29) is 13.2 Å². The fourth-order valence-electron chi connectivity index (χ4n) is 1.53.